The zero-order chi connectivity index (χ0) is 12.8. The molecule has 0 radical (unpaired) electrons. The van der Waals surface area contributed by atoms with Gasteiger partial charge in [0.1, 0.15) is 5.54 Å². The van der Waals surface area contributed by atoms with Crippen LogP contribution in [0.25, 0.3) is 0 Å². The summed E-state index contributed by atoms with van der Waals surface area (Å²) in [6.45, 7) is 0. The van der Waals surface area contributed by atoms with Gasteiger partial charge < -0.3 is 10.8 Å². The third kappa shape index (κ3) is 1.81. The lowest BCUT2D eigenvalue weighted by Crippen LogP contribution is -2.48. The number of hydrogen-bond donors (Lipinski definition) is 2. The first-order valence-electron chi connectivity index (χ1n) is 5.08. The maximum absolute atomic E-state index is 13.5. The molecule has 1 fully saturated rings. The molecular formula is C11H11F4NO. The summed E-state index contributed by atoms with van der Waals surface area (Å²) in [7, 11) is 0. The molecule has 0 unspecified atom stereocenters. The molecule has 3 N–H and O–H groups in total. The van der Waals surface area contributed by atoms with Crippen molar-refractivity contribution in [2.75, 3.05) is 0 Å². The summed E-state index contributed by atoms with van der Waals surface area (Å²) in [6.07, 6.45) is -4.01. The van der Waals surface area contributed by atoms with Gasteiger partial charge in [0.2, 0.25) is 0 Å². The molecule has 1 aliphatic carbocycles. The topological polar surface area (TPSA) is 46.2 Å². The Morgan fingerprint density at radius 1 is 1.35 bits per heavy atom. The molecule has 3 atom stereocenters. The van der Waals surface area contributed by atoms with E-state index in [1.807, 2.05) is 0 Å². The van der Waals surface area contributed by atoms with Gasteiger partial charge in [-0.05, 0) is 12.5 Å². The largest absolute Gasteiger partial charge is 0.393 e. The van der Waals surface area contributed by atoms with Gasteiger partial charge in [-0.3, -0.25) is 0 Å². The van der Waals surface area contributed by atoms with E-state index in [0.29, 0.717) is 0 Å². The van der Waals surface area contributed by atoms with Crippen LogP contribution in [0.1, 0.15) is 12.0 Å². The van der Waals surface area contributed by atoms with Crippen molar-refractivity contribution >= 4 is 0 Å². The molecule has 6 heteroatoms. The standard InChI is InChI=1S/C11H11F4NO/c12-7-3-1-2-5(9(7)13)11(16,10(14)15)6-4-8(6)17/h1-3,6,8,10,17H,4,16H2/t6-,8+,11+/m0/s1. The molecule has 1 aromatic rings. The van der Waals surface area contributed by atoms with Gasteiger partial charge in [-0.15, -0.1) is 0 Å². The van der Waals surface area contributed by atoms with Gasteiger partial charge in [0.15, 0.2) is 11.6 Å². The van der Waals surface area contributed by atoms with Crippen LogP contribution in [0.5, 0.6) is 0 Å². The highest BCUT2D eigenvalue weighted by Gasteiger charge is 2.57. The Morgan fingerprint density at radius 3 is 2.41 bits per heavy atom. The fourth-order valence-electron chi connectivity index (χ4n) is 2.01. The maximum Gasteiger partial charge on any atom is 0.260 e. The summed E-state index contributed by atoms with van der Waals surface area (Å²) in [6, 6.07) is 2.97. The molecule has 1 saturated carbocycles. The predicted molar refractivity (Wildman–Crippen MR) is 52.3 cm³/mol. The number of rotatable bonds is 3. The van der Waals surface area contributed by atoms with Crippen molar-refractivity contribution in [1.29, 1.82) is 0 Å². The number of benzene rings is 1. The average Bonchev–Trinajstić information content (AvgIpc) is 2.99. The van der Waals surface area contributed by atoms with Crippen molar-refractivity contribution in [2.45, 2.75) is 24.5 Å². The molecule has 0 bridgehead atoms. The number of alkyl halides is 2. The Labute approximate surface area is 95.0 Å². The molecule has 94 valence electrons. The predicted octanol–water partition coefficient (Wildman–Crippen LogP) is 1.76. The molecule has 17 heavy (non-hydrogen) atoms. The molecule has 1 aromatic carbocycles. The van der Waals surface area contributed by atoms with Gasteiger partial charge in [0, 0.05) is 11.5 Å². The van der Waals surface area contributed by atoms with Gasteiger partial charge in [0.05, 0.1) is 6.10 Å². The highest BCUT2D eigenvalue weighted by Crippen LogP contribution is 2.48. The monoisotopic (exact) mass is 249 g/mol. The quantitative estimate of drug-likeness (QED) is 0.802. The van der Waals surface area contributed by atoms with Gasteiger partial charge in [-0.1, -0.05) is 12.1 Å². The molecular weight excluding hydrogens is 238 g/mol. The molecule has 1 aliphatic rings. The highest BCUT2D eigenvalue weighted by molar-refractivity contribution is 5.31. The van der Waals surface area contributed by atoms with Crippen LogP contribution in [0.15, 0.2) is 18.2 Å². The van der Waals surface area contributed by atoms with Crippen LogP contribution in [0.4, 0.5) is 17.6 Å². The third-order valence-corrected chi connectivity index (χ3v) is 3.15. The molecule has 0 amide bonds. The van der Waals surface area contributed by atoms with E-state index < -0.39 is 41.2 Å². The van der Waals surface area contributed by atoms with Crippen molar-refractivity contribution in [3.8, 4) is 0 Å². The summed E-state index contributed by atoms with van der Waals surface area (Å²) in [5, 5.41) is 9.20. The zero-order valence-electron chi connectivity index (χ0n) is 8.71. The third-order valence-electron chi connectivity index (χ3n) is 3.15. The normalized spacial score (nSPS) is 27.0. The zero-order valence-corrected chi connectivity index (χ0v) is 8.71. The van der Waals surface area contributed by atoms with Crippen LogP contribution >= 0.6 is 0 Å². The van der Waals surface area contributed by atoms with Crippen LogP contribution in [-0.2, 0) is 5.54 Å². The average molecular weight is 249 g/mol. The van der Waals surface area contributed by atoms with Crippen molar-refractivity contribution in [3.63, 3.8) is 0 Å². The van der Waals surface area contributed by atoms with E-state index in [4.69, 9.17) is 5.73 Å². The fraction of sp³-hybridized carbons (Fsp3) is 0.455. The van der Waals surface area contributed by atoms with Crippen molar-refractivity contribution in [1.82, 2.24) is 0 Å². The van der Waals surface area contributed by atoms with Crippen LogP contribution in [0.3, 0.4) is 0 Å². The Morgan fingerprint density at radius 2 is 1.94 bits per heavy atom. The summed E-state index contributed by atoms with van der Waals surface area (Å²) in [5.41, 5.74) is 2.58. The summed E-state index contributed by atoms with van der Waals surface area (Å²) >= 11 is 0. The van der Waals surface area contributed by atoms with E-state index in [1.54, 1.807) is 0 Å². The lowest BCUT2D eigenvalue weighted by molar-refractivity contribution is 0.0258. The number of halogens is 4. The second-order valence-electron chi connectivity index (χ2n) is 4.24. The summed E-state index contributed by atoms with van der Waals surface area (Å²) in [4.78, 5) is 0. The first-order valence-corrected chi connectivity index (χ1v) is 5.08. The molecule has 0 saturated heterocycles. The minimum absolute atomic E-state index is 0.0663. The smallest absolute Gasteiger partial charge is 0.260 e. The number of nitrogens with two attached hydrogens (primary N) is 1. The van der Waals surface area contributed by atoms with E-state index >= 15 is 0 Å². The van der Waals surface area contributed by atoms with Gasteiger partial charge in [0.25, 0.3) is 6.43 Å². The lowest BCUT2D eigenvalue weighted by atomic mass is 9.85. The Kier molecular flexibility index (Phi) is 2.87. The number of aliphatic hydroxyl groups is 1. The minimum Gasteiger partial charge on any atom is -0.393 e. The SMILES string of the molecule is N[C@@](c1cccc(F)c1F)(C(F)F)[C@H]1C[C@H]1O. The molecule has 2 nitrogen and oxygen atoms in total. The molecule has 2 rings (SSSR count). The minimum atomic E-state index is -3.08. The number of aliphatic hydroxyl groups excluding tert-OH is 1. The Balaban J connectivity index is 2.50. The van der Waals surface area contributed by atoms with E-state index in [2.05, 4.69) is 0 Å². The second-order valence-corrected chi connectivity index (χ2v) is 4.24. The van der Waals surface area contributed by atoms with Gasteiger partial charge >= 0.3 is 0 Å². The van der Waals surface area contributed by atoms with E-state index in [-0.39, 0.29) is 6.42 Å². The molecule has 0 aliphatic heterocycles. The van der Waals surface area contributed by atoms with Crippen LogP contribution < -0.4 is 5.73 Å². The van der Waals surface area contributed by atoms with E-state index in [0.717, 1.165) is 18.2 Å². The van der Waals surface area contributed by atoms with Crippen molar-refractivity contribution < 1.29 is 22.7 Å². The first kappa shape index (κ1) is 12.3. The van der Waals surface area contributed by atoms with Gasteiger partial charge in [-0.25, -0.2) is 17.6 Å². The summed E-state index contributed by atoms with van der Waals surface area (Å²) < 4.78 is 52.6. The molecule has 0 heterocycles. The van der Waals surface area contributed by atoms with Gasteiger partial charge in [-0.2, -0.15) is 0 Å². The van der Waals surface area contributed by atoms with Crippen LogP contribution in [0, 0.1) is 17.6 Å². The second kappa shape index (κ2) is 3.96. The first-order chi connectivity index (χ1) is 7.89. The van der Waals surface area contributed by atoms with Crippen molar-refractivity contribution in [3.05, 3.63) is 35.4 Å². The molecule has 0 aromatic heterocycles. The van der Waals surface area contributed by atoms with Crippen molar-refractivity contribution in [2.24, 2.45) is 11.7 Å². The maximum atomic E-state index is 13.5. The van der Waals surface area contributed by atoms with Crippen LogP contribution in [0.2, 0.25) is 0 Å². The fourth-order valence-corrected chi connectivity index (χ4v) is 2.01. The number of hydrogen-bond acceptors (Lipinski definition) is 2. The Hall–Kier alpha value is -1.14. The van der Waals surface area contributed by atoms with Crippen LogP contribution in [-0.4, -0.2) is 17.6 Å². The Bertz CT molecular complexity index is 439. The highest BCUT2D eigenvalue weighted by atomic mass is 19.3. The molecule has 0 spiro atoms. The lowest BCUT2D eigenvalue weighted by Gasteiger charge is -2.29. The van der Waals surface area contributed by atoms with E-state index in [9.17, 15) is 22.7 Å². The van der Waals surface area contributed by atoms with E-state index in [1.165, 1.54) is 0 Å². The summed E-state index contributed by atoms with van der Waals surface area (Å²) in [5.74, 6) is -3.55.